The van der Waals surface area contributed by atoms with Crippen molar-refractivity contribution in [3.63, 3.8) is 0 Å². The van der Waals surface area contributed by atoms with E-state index in [0.29, 0.717) is 6.10 Å². The minimum Gasteiger partial charge on any atom is -0.373 e. The Morgan fingerprint density at radius 3 is 3.13 bits per heavy atom. The fraction of sp³-hybridized carbons (Fsp3) is 0.727. The lowest BCUT2D eigenvalue weighted by Gasteiger charge is -2.36. The summed E-state index contributed by atoms with van der Waals surface area (Å²) < 4.78 is 5.86. The van der Waals surface area contributed by atoms with Crippen LogP contribution in [0.2, 0.25) is 0 Å². The second kappa shape index (κ2) is 3.06. The number of nitrogens with one attached hydrogen (secondary N) is 2. The fourth-order valence-electron chi connectivity index (χ4n) is 3.03. The van der Waals surface area contributed by atoms with Gasteiger partial charge in [0.25, 0.3) is 0 Å². The summed E-state index contributed by atoms with van der Waals surface area (Å²) in [7, 11) is 0. The quantitative estimate of drug-likeness (QED) is 0.666. The van der Waals surface area contributed by atoms with Crippen molar-refractivity contribution in [3.8, 4) is 0 Å². The lowest BCUT2D eigenvalue weighted by molar-refractivity contribution is 0.0404. The van der Waals surface area contributed by atoms with Gasteiger partial charge in [-0.05, 0) is 20.3 Å². The van der Waals surface area contributed by atoms with Gasteiger partial charge in [-0.2, -0.15) is 0 Å². The molecule has 0 unspecified atom stereocenters. The van der Waals surface area contributed by atoms with E-state index < -0.39 is 0 Å². The number of ether oxygens (including phenoxy) is 1. The van der Waals surface area contributed by atoms with Crippen molar-refractivity contribution in [2.75, 3.05) is 6.54 Å². The smallest absolute Gasteiger partial charge is 0.0926 e. The average molecular weight is 207 g/mol. The van der Waals surface area contributed by atoms with Crippen LogP contribution in [-0.4, -0.2) is 28.7 Å². The van der Waals surface area contributed by atoms with E-state index in [0.717, 1.165) is 19.4 Å². The maximum absolute atomic E-state index is 5.86. The summed E-state index contributed by atoms with van der Waals surface area (Å²) in [6.45, 7) is 5.28. The number of imidazole rings is 1. The number of fused-ring (bicyclic) bond motifs is 2. The van der Waals surface area contributed by atoms with Gasteiger partial charge in [0.15, 0.2) is 0 Å². The van der Waals surface area contributed by atoms with Crippen molar-refractivity contribution in [1.82, 2.24) is 15.3 Å². The Bertz CT molecular complexity index is 376. The monoisotopic (exact) mass is 207 g/mol. The lowest BCUT2D eigenvalue weighted by Crippen LogP contribution is -2.52. The molecule has 4 nitrogen and oxygen atoms in total. The van der Waals surface area contributed by atoms with Crippen LogP contribution in [0.15, 0.2) is 6.33 Å². The molecule has 82 valence electrons. The zero-order valence-corrected chi connectivity index (χ0v) is 9.21. The van der Waals surface area contributed by atoms with Gasteiger partial charge in [0.05, 0.1) is 29.8 Å². The highest BCUT2D eigenvalue weighted by molar-refractivity contribution is 5.28. The molecule has 0 bridgehead atoms. The zero-order valence-electron chi connectivity index (χ0n) is 9.21. The maximum atomic E-state index is 5.86. The number of rotatable bonds is 0. The minimum atomic E-state index is -0.0486. The topological polar surface area (TPSA) is 49.9 Å². The van der Waals surface area contributed by atoms with Crippen molar-refractivity contribution in [1.29, 1.82) is 0 Å². The van der Waals surface area contributed by atoms with Crippen LogP contribution in [0, 0.1) is 0 Å². The van der Waals surface area contributed by atoms with E-state index in [-0.39, 0.29) is 11.6 Å². The molecule has 0 radical (unpaired) electrons. The zero-order chi connectivity index (χ0) is 10.5. The maximum Gasteiger partial charge on any atom is 0.0926 e. The SMILES string of the molecule is C[C@@H]1C[C@@]2(NCCc3[nH]cnc32)[C@H](C)O1. The van der Waals surface area contributed by atoms with Gasteiger partial charge < -0.3 is 15.0 Å². The molecule has 4 heteroatoms. The Hall–Kier alpha value is -0.870. The molecule has 3 rings (SSSR count). The molecule has 15 heavy (non-hydrogen) atoms. The summed E-state index contributed by atoms with van der Waals surface area (Å²) >= 11 is 0. The van der Waals surface area contributed by atoms with E-state index in [1.165, 1.54) is 11.4 Å². The Labute approximate surface area is 89.4 Å². The molecule has 2 aliphatic rings. The number of hydrogen-bond donors (Lipinski definition) is 2. The third kappa shape index (κ3) is 1.18. The highest BCUT2D eigenvalue weighted by atomic mass is 16.5. The molecule has 1 saturated heterocycles. The van der Waals surface area contributed by atoms with Crippen molar-refractivity contribution in [2.45, 2.75) is 44.4 Å². The predicted molar refractivity (Wildman–Crippen MR) is 56.6 cm³/mol. The van der Waals surface area contributed by atoms with Gasteiger partial charge in [-0.1, -0.05) is 0 Å². The molecule has 2 N–H and O–H groups in total. The van der Waals surface area contributed by atoms with Gasteiger partial charge in [-0.15, -0.1) is 0 Å². The third-order valence-corrected chi connectivity index (χ3v) is 3.70. The van der Waals surface area contributed by atoms with E-state index in [2.05, 4.69) is 29.1 Å². The number of aromatic nitrogens is 2. The highest BCUT2D eigenvalue weighted by Gasteiger charge is 2.49. The van der Waals surface area contributed by atoms with Crippen LogP contribution < -0.4 is 5.32 Å². The van der Waals surface area contributed by atoms with Crippen molar-refractivity contribution in [2.24, 2.45) is 0 Å². The van der Waals surface area contributed by atoms with Crippen LogP contribution in [0.4, 0.5) is 0 Å². The minimum absolute atomic E-state index is 0.0486. The molecule has 3 heterocycles. The van der Waals surface area contributed by atoms with E-state index in [9.17, 15) is 0 Å². The van der Waals surface area contributed by atoms with Gasteiger partial charge in [0, 0.05) is 18.7 Å². The largest absolute Gasteiger partial charge is 0.373 e. The van der Waals surface area contributed by atoms with Crippen LogP contribution >= 0.6 is 0 Å². The lowest BCUT2D eigenvalue weighted by atomic mass is 9.83. The second-order valence-electron chi connectivity index (χ2n) is 4.67. The van der Waals surface area contributed by atoms with Gasteiger partial charge in [0.2, 0.25) is 0 Å². The molecule has 1 spiro atoms. The molecule has 0 amide bonds. The Morgan fingerprint density at radius 1 is 1.53 bits per heavy atom. The van der Waals surface area contributed by atoms with Gasteiger partial charge >= 0.3 is 0 Å². The number of aromatic amines is 1. The van der Waals surface area contributed by atoms with E-state index in [1.54, 1.807) is 6.33 Å². The fourth-order valence-corrected chi connectivity index (χ4v) is 3.03. The van der Waals surface area contributed by atoms with Crippen molar-refractivity contribution < 1.29 is 4.74 Å². The van der Waals surface area contributed by atoms with Crippen LogP contribution in [0.25, 0.3) is 0 Å². The first kappa shape index (κ1) is 9.36. The average Bonchev–Trinajstić information content (AvgIpc) is 2.74. The molecule has 1 fully saturated rings. The standard InChI is InChI=1S/C11H17N3O/c1-7-5-11(8(2)15-7)10-9(3-4-14-11)12-6-13-10/h6-8,14H,3-5H2,1-2H3,(H,12,13)/t7-,8+,11-/m1/s1. The predicted octanol–water partition coefficient (Wildman–Crippen LogP) is 0.948. The molecule has 0 aromatic carbocycles. The van der Waals surface area contributed by atoms with Gasteiger partial charge in [-0.3, -0.25) is 0 Å². The summed E-state index contributed by atoms with van der Waals surface area (Å²) in [5.41, 5.74) is 2.40. The number of H-pyrrole nitrogens is 1. The van der Waals surface area contributed by atoms with Crippen LogP contribution in [0.1, 0.15) is 31.7 Å². The first-order chi connectivity index (χ1) is 7.22. The molecule has 3 atom stereocenters. The first-order valence-corrected chi connectivity index (χ1v) is 5.65. The normalized spacial score (nSPS) is 39.6. The summed E-state index contributed by atoms with van der Waals surface area (Å²) in [5, 5.41) is 3.61. The Morgan fingerprint density at radius 2 is 2.40 bits per heavy atom. The summed E-state index contributed by atoms with van der Waals surface area (Å²) in [5.74, 6) is 0. The van der Waals surface area contributed by atoms with Crippen LogP contribution in [0.3, 0.4) is 0 Å². The highest BCUT2D eigenvalue weighted by Crippen LogP contribution is 2.41. The van der Waals surface area contributed by atoms with Crippen LogP contribution in [-0.2, 0) is 16.7 Å². The summed E-state index contributed by atoms with van der Waals surface area (Å²) in [4.78, 5) is 7.72. The molecule has 0 saturated carbocycles. The molecular formula is C11H17N3O. The molecular weight excluding hydrogens is 190 g/mol. The molecule has 1 aromatic rings. The van der Waals surface area contributed by atoms with Crippen molar-refractivity contribution in [3.05, 3.63) is 17.7 Å². The van der Waals surface area contributed by atoms with Gasteiger partial charge in [0.1, 0.15) is 0 Å². The Balaban J connectivity index is 2.07. The van der Waals surface area contributed by atoms with Crippen LogP contribution in [0.5, 0.6) is 0 Å². The van der Waals surface area contributed by atoms with E-state index in [4.69, 9.17) is 4.74 Å². The summed E-state index contributed by atoms with van der Waals surface area (Å²) in [6.07, 6.45) is 4.38. The van der Waals surface area contributed by atoms with Gasteiger partial charge in [-0.25, -0.2) is 4.98 Å². The first-order valence-electron chi connectivity index (χ1n) is 5.65. The number of hydrogen-bond acceptors (Lipinski definition) is 3. The number of nitrogens with zero attached hydrogens (tertiary/aromatic N) is 1. The summed E-state index contributed by atoms with van der Waals surface area (Å²) in [6, 6.07) is 0. The second-order valence-corrected chi connectivity index (χ2v) is 4.67. The molecule has 0 aliphatic carbocycles. The van der Waals surface area contributed by atoms with E-state index in [1.807, 2.05) is 0 Å². The van der Waals surface area contributed by atoms with E-state index >= 15 is 0 Å². The third-order valence-electron chi connectivity index (χ3n) is 3.70. The van der Waals surface area contributed by atoms with Crippen molar-refractivity contribution >= 4 is 0 Å². The molecule has 2 aliphatic heterocycles. The molecule has 1 aromatic heterocycles. The Kier molecular flexibility index (Phi) is 1.91.